The Bertz CT molecular complexity index is 375. The highest BCUT2D eigenvalue weighted by atomic mass is 16.1. The van der Waals surface area contributed by atoms with E-state index >= 15 is 0 Å². The molecule has 2 nitrogen and oxygen atoms in total. The Labute approximate surface area is 129 Å². The first kappa shape index (κ1) is 14.2. The SMILES string of the molecule is C[C@H]([NH2+]C1CCCCC1)C(=O)C12CC3CC(CC(C3)C1)C2. The maximum Gasteiger partial charge on any atom is 0.195 e. The van der Waals surface area contributed by atoms with Gasteiger partial charge in [0.2, 0.25) is 0 Å². The van der Waals surface area contributed by atoms with Gasteiger partial charge in [-0.05, 0) is 88.9 Å². The van der Waals surface area contributed by atoms with E-state index < -0.39 is 0 Å². The molecule has 0 heterocycles. The molecular weight excluding hydrogens is 258 g/mol. The molecule has 21 heavy (non-hydrogen) atoms. The predicted molar refractivity (Wildman–Crippen MR) is 83.9 cm³/mol. The van der Waals surface area contributed by atoms with Crippen molar-refractivity contribution in [3.8, 4) is 0 Å². The molecule has 0 saturated heterocycles. The maximum absolute atomic E-state index is 13.2. The van der Waals surface area contributed by atoms with Crippen molar-refractivity contribution in [2.75, 3.05) is 0 Å². The minimum absolute atomic E-state index is 0.110. The molecule has 0 spiro atoms. The average molecular weight is 290 g/mol. The lowest BCUT2D eigenvalue weighted by atomic mass is 9.48. The lowest BCUT2D eigenvalue weighted by Gasteiger charge is -2.56. The highest BCUT2D eigenvalue weighted by molar-refractivity contribution is 5.88. The van der Waals surface area contributed by atoms with E-state index in [2.05, 4.69) is 12.2 Å². The number of hydrogen-bond acceptors (Lipinski definition) is 1. The molecule has 0 aromatic carbocycles. The van der Waals surface area contributed by atoms with Crippen LogP contribution in [0.15, 0.2) is 0 Å². The molecule has 0 radical (unpaired) electrons. The van der Waals surface area contributed by atoms with Crippen LogP contribution < -0.4 is 5.32 Å². The summed E-state index contributed by atoms with van der Waals surface area (Å²) < 4.78 is 0. The molecule has 5 aliphatic carbocycles. The summed E-state index contributed by atoms with van der Waals surface area (Å²) in [4.78, 5) is 13.2. The van der Waals surface area contributed by atoms with Crippen molar-refractivity contribution in [2.45, 2.75) is 89.6 Å². The van der Waals surface area contributed by atoms with E-state index in [1.165, 1.54) is 70.6 Å². The van der Waals surface area contributed by atoms with Crippen LogP contribution in [0.5, 0.6) is 0 Å². The minimum Gasteiger partial charge on any atom is -0.335 e. The van der Waals surface area contributed by atoms with Crippen molar-refractivity contribution in [2.24, 2.45) is 23.2 Å². The predicted octanol–water partition coefficient (Wildman–Crippen LogP) is 3.06. The van der Waals surface area contributed by atoms with Crippen LogP contribution in [0.1, 0.15) is 77.6 Å². The monoisotopic (exact) mass is 290 g/mol. The van der Waals surface area contributed by atoms with Crippen molar-refractivity contribution in [1.29, 1.82) is 0 Å². The van der Waals surface area contributed by atoms with Crippen molar-refractivity contribution in [3.63, 3.8) is 0 Å². The fourth-order valence-electron chi connectivity index (χ4n) is 6.72. The Kier molecular flexibility index (Phi) is 3.64. The zero-order valence-corrected chi connectivity index (χ0v) is 13.7. The normalized spacial score (nSPS) is 44.0. The van der Waals surface area contributed by atoms with E-state index in [4.69, 9.17) is 0 Å². The molecule has 0 aromatic rings. The molecule has 2 N–H and O–H groups in total. The van der Waals surface area contributed by atoms with E-state index in [0.717, 1.165) is 23.8 Å². The maximum atomic E-state index is 13.2. The number of quaternary nitrogens is 1. The second-order valence-electron chi connectivity index (χ2n) is 8.94. The summed E-state index contributed by atoms with van der Waals surface area (Å²) in [6.45, 7) is 2.20. The molecule has 4 bridgehead atoms. The fourth-order valence-corrected chi connectivity index (χ4v) is 6.72. The van der Waals surface area contributed by atoms with Gasteiger partial charge in [-0.2, -0.15) is 0 Å². The first-order valence-corrected chi connectivity index (χ1v) is 9.54. The van der Waals surface area contributed by atoms with Crippen LogP contribution in [0.4, 0.5) is 0 Å². The first-order chi connectivity index (χ1) is 10.1. The highest BCUT2D eigenvalue weighted by Crippen LogP contribution is 2.60. The summed E-state index contributed by atoms with van der Waals surface area (Å²) >= 11 is 0. The van der Waals surface area contributed by atoms with Gasteiger partial charge in [0.05, 0.1) is 6.04 Å². The van der Waals surface area contributed by atoms with Gasteiger partial charge < -0.3 is 5.32 Å². The lowest BCUT2D eigenvalue weighted by Crippen LogP contribution is -2.96. The zero-order chi connectivity index (χ0) is 14.4. The largest absolute Gasteiger partial charge is 0.335 e. The van der Waals surface area contributed by atoms with Gasteiger partial charge in [-0.25, -0.2) is 0 Å². The van der Waals surface area contributed by atoms with Gasteiger partial charge in [0.25, 0.3) is 0 Å². The van der Waals surface area contributed by atoms with Crippen LogP contribution >= 0.6 is 0 Å². The smallest absolute Gasteiger partial charge is 0.195 e. The third-order valence-corrected chi connectivity index (χ3v) is 7.19. The quantitative estimate of drug-likeness (QED) is 0.848. The highest BCUT2D eigenvalue weighted by Gasteiger charge is 2.55. The summed E-state index contributed by atoms with van der Waals surface area (Å²) in [7, 11) is 0. The molecule has 0 unspecified atom stereocenters. The number of Topliss-reactive ketones (excluding diaryl/α,β-unsaturated/α-hetero) is 1. The molecule has 1 atom stereocenters. The Hall–Kier alpha value is -0.370. The topological polar surface area (TPSA) is 33.7 Å². The summed E-state index contributed by atoms with van der Waals surface area (Å²) in [5.74, 6) is 3.30. The Morgan fingerprint density at radius 2 is 1.48 bits per heavy atom. The van der Waals surface area contributed by atoms with E-state index in [0.29, 0.717) is 5.78 Å². The number of hydrogen-bond donors (Lipinski definition) is 1. The number of carbonyl (C=O) groups is 1. The molecular formula is C19H32NO+. The van der Waals surface area contributed by atoms with Crippen molar-refractivity contribution < 1.29 is 10.1 Å². The molecule has 5 aliphatic rings. The molecule has 0 amide bonds. The van der Waals surface area contributed by atoms with Crippen LogP contribution in [-0.4, -0.2) is 17.9 Å². The molecule has 5 saturated carbocycles. The van der Waals surface area contributed by atoms with E-state index in [1.807, 2.05) is 0 Å². The van der Waals surface area contributed by atoms with Crippen molar-refractivity contribution in [3.05, 3.63) is 0 Å². The Morgan fingerprint density at radius 1 is 0.952 bits per heavy atom. The van der Waals surface area contributed by atoms with Gasteiger partial charge >= 0.3 is 0 Å². The minimum atomic E-state index is 0.110. The van der Waals surface area contributed by atoms with Crippen LogP contribution in [0.3, 0.4) is 0 Å². The standard InChI is InChI=1S/C19H31NO/c1-13(20-17-5-3-2-4-6-17)18(21)19-10-14-7-15(11-19)9-16(8-14)12-19/h13-17,20H,2-12H2,1H3/p+1/t13-,14?,15?,16?,19?/m0/s1. The molecule has 118 valence electrons. The average Bonchev–Trinajstić information content (AvgIpc) is 2.46. The number of rotatable bonds is 4. The second kappa shape index (κ2) is 5.37. The summed E-state index contributed by atoms with van der Waals surface area (Å²) in [6, 6.07) is 0.941. The van der Waals surface area contributed by atoms with E-state index in [9.17, 15) is 4.79 Å². The fraction of sp³-hybridized carbons (Fsp3) is 0.947. The molecule has 5 rings (SSSR count). The summed E-state index contributed by atoms with van der Waals surface area (Å²) in [5, 5.41) is 2.44. The van der Waals surface area contributed by atoms with Crippen LogP contribution in [0, 0.1) is 23.2 Å². The Balaban J connectivity index is 1.44. The third-order valence-electron chi connectivity index (χ3n) is 7.19. The van der Waals surface area contributed by atoms with Gasteiger partial charge in [0, 0.05) is 5.41 Å². The van der Waals surface area contributed by atoms with Crippen LogP contribution in [0.2, 0.25) is 0 Å². The van der Waals surface area contributed by atoms with Crippen molar-refractivity contribution in [1.82, 2.24) is 0 Å². The number of nitrogens with two attached hydrogens (primary N) is 1. The number of ketones is 1. The molecule has 0 aromatic heterocycles. The van der Waals surface area contributed by atoms with Gasteiger partial charge in [-0.15, -0.1) is 0 Å². The van der Waals surface area contributed by atoms with E-state index in [-0.39, 0.29) is 11.5 Å². The van der Waals surface area contributed by atoms with Crippen LogP contribution in [0.25, 0.3) is 0 Å². The molecule has 0 aliphatic heterocycles. The van der Waals surface area contributed by atoms with Gasteiger partial charge in [0.15, 0.2) is 5.78 Å². The van der Waals surface area contributed by atoms with Crippen LogP contribution in [-0.2, 0) is 4.79 Å². The first-order valence-electron chi connectivity index (χ1n) is 9.54. The van der Waals surface area contributed by atoms with Crippen molar-refractivity contribution >= 4 is 5.78 Å². The van der Waals surface area contributed by atoms with Gasteiger partial charge in [-0.1, -0.05) is 6.42 Å². The molecule has 2 heteroatoms. The number of carbonyl (C=O) groups excluding carboxylic acids is 1. The Morgan fingerprint density at radius 3 is 2.00 bits per heavy atom. The van der Waals surface area contributed by atoms with Gasteiger partial charge in [0.1, 0.15) is 6.04 Å². The van der Waals surface area contributed by atoms with Gasteiger partial charge in [-0.3, -0.25) is 4.79 Å². The third kappa shape index (κ3) is 2.58. The lowest BCUT2D eigenvalue weighted by molar-refractivity contribution is -0.709. The molecule has 5 fully saturated rings. The second-order valence-corrected chi connectivity index (χ2v) is 8.94. The summed E-state index contributed by atoms with van der Waals surface area (Å²) in [6.07, 6.45) is 14.8. The summed E-state index contributed by atoms with van der Waals surface area (Å²) in [5.41, 5.74) is 0.110. The zero-order valence-electron chi connectivity index (χ0n) is 13.7. The van der Waals surface area contributed by atoms with E-state index in [1.54, 1.807) is 0 Å².